The molecule has 0 spiro atoms. The van der Waals surface area contributed by atoms with E-state index in [9.17, 15) is 0 Å². The molecule has 0 bridgehead atoms. The molecule has 0 aliphatic heterocycles. The van der Waals surface area contributed by atoms with E-state index in [0.717, 1.165) is 17.8 Å². The smallest absolute Gasteiger partial charge is 0.100 e. The second-order valence-corrected chi connectivity index (χ2v) is 3.49. The summed E-state index contributed by atoms with van der Waals surface area (Å²) in [7, 11) is 0. The summed E-state index contributed by atoms with van der Waals surface area (Å²) >= 11 is 0. The van der Waals surface area contributed by atoms with Crippen LogP contribution in [0.15, 0.2) is 35.6 Å². The van der Waals surface area contributed by atoms with Gasteiger partial charge in [0.1, 0.15) is 5.76 Å². The third-order valence-electron chi connectivity index (χ3n) is 1.70. The molecule has 0 atom stereocenters. The molecule has 0 aliphatic carbocycles. The Kier molecular flexibility index (Phi) is 6.91. The van der Waals surface area contributed by atoms with Crippen LogP contribution in [0.5, 0.6) is 0 Å². The Balaban J connectivity index is 4.66. The molecule has 0 rings (SSSR count). The Morgan fingerprint density at radius 3 is 2.36 bits per heavy atom. The van der Waals surface area contributed by atoms with E-state index in [1.165, 1.54) is 0 Å². The van der Waals surface area contributed by atoms with Crippen molar-refractivity contribution in [3.05, 3.63) is 35.6 Å². The van der Waals surface area contributed by atoms with Crippen molar-refractivity contribution in [2.24, 2.45) is 0 Å². The first kappa shape index (κ1) is 13.0. The molecule has 0 aromatic heterocycles. The zero-order valence-electron chi connectivity index (χ0n) is 10.0. The fraction of sp³-hybridized carbons (Fsp3) is 0.538. The molecule has 0 amide bonds. The van der Waals surface area contributed by atoms with E-state index in [-0.39, 0.29) is 6.10 Å². The Morgan fingerprint density at radius 2 is 1.93 bits per heavy atom. The molecule has 0 unspecified atom stereocenters. The molecule has 1 nitrogen and oxygen atoms in total. The predicted octanol–water partition coefficient (Wildman–Crippen LogP) is 4.23. The summed E-state index contributed by atoms with van der Waals surface area (Å²) in [5.74, 6) is 0.989. The fourth-order valence-corrected chi connectivity index (χ4v) is 1.14. The lowest BCUT2D eigenvalue weighted by atomic mass is 10.2. The van der Waals surface area contributed by atoms with Gasteiger partial charge in [-0.25, -0.2) is 0 Å². The van der Waals surface area contributed by atoms with Crippen LogP contribution < -0.4 is 0 Å². The highest BCUT2D eigenvalue weighted by atomic mass is 16.5. The van der Waals surface area contributed by atoms with Gasteiger partial charge in [0.15, 0.2) is 0 Å². The lowest BCUT2D eigenvalue weighted by Crippen LogP contribution is -2.01. The third kappa shape index (κ3) is 5.63. The summed E-state index contributed by atoms with van der Waals surface area (Å²) in [6.45, 7) is 10.2. The molecule has 0 aromatic carbocycles. The van der Waals surface area contributed by atoms with Crippen molar-refractivity contribution in [1.29, 1.82) is 0 Å². The Morgan fingerprint density at radius 1 is 1.29 bits per heavy atom. The minimum Gasteiger partial charge on any atom is -0.495 e. The van der Waals surface area contributed by atoms with E-state index >= 15 is 0 Å². The average molecular weight is 194 g/mol. The first-order valence-corrected chi connectivity index (χ1v) is 5.28. The van der Waals surface area contributed by atoms with Crippen LogP contribution in [0, 0.1) is 0 Å². The van der Waals surface area contributed by atoms with Crippen LogP contribution in [-0.2, 0) is 4.74 Å². The summed E-state index contributed by atoms with van der Waals surface area (Å²) in [6, 6.07) is 0. The quantitative estimate of drug-likeness (QED) is 0.470. The summed E-state index contributed by atoms with van der Waals surface area (Å²) in [6.07, 6.45) is 9.65. The largest absolute Gasteiger partial charge is 0.495 e. The summed E-state index contributed by atoms with van der Waals surface area (Å²) in [4.78, 5) is 0. The van der Waals surface area contributed by atoms with Gasteiger partial charge in [-0.15, -0.1) is 0 Å². The van der Waals surface area contributed by atoms with Gasteiger partial charge in [0.25, 0.3) is 0 Å². The minimum absolute atomic E-state index is 0.241. The van der Waals surface area contributed by atoms with Crippen LogP contribution >= 0.6 is 0 Å². The molecule has 0 saturated carbocycles. The summed E-state index contributed by atoms with van der Waals surface area (Å²) in [5.41, 5.74) is 1.16. The number of hydrogen-bond acceptors (Lipinski definition) is 1. The third-order valence-corrected chi connectivity index (χ3v) is 1.70. The molecule has 0 saturated heterocycles. The number of allylic oxidation sites excluding steroid dienone is 6. The monoisotopic (exact) mass is 194 g/mol. The minimum atomic E-state index is 0.241. The van der Waals surface area contributed by atoms with Crippen LogP contribution in [0.4, 0.5) is 0 Å². The average Bonchev–Trinajstić information content (AvgIpc) is 2.10. The predicted molar refractivity (Wildman–Crippen MR) is 63.2 cm³/mol. The Labute approximate surface area is 88.2 Å². The van der Waals surface area contributed by atoms with E-state index < -0.39 is 0 Å². The molecule has 80 valence electrons. The molecule has 0 fully saturated rings. The van der Waals surface area contributed by atoms with E-state index in [1.807, 2.05) is 33.8 Å². The van der Waals surface area contributed by atoms with Crippen molar-refractivity contribution in [3.63, 3.8) is 0 Å². The number of ether oxygens (including phenoxy) is 1. The van der Waals surface area contributed by atoms with Crippen molar-refractivity contribution in [1.82, 2.24) is 0 Å². The second kappa shape index (κ2) is 7.43. The first-order valence-electron chi connectivity index (χ1n) is 5.28. The van der Waals surface area contributed by atoms with E-state index in [4.69, 9.17) is 4.74 Å². The number of rotatable bonds is 5. The molecule has 14 heavy (non-hydrogen) atoms. The van der Waals surface area contributed by atoms with E-state index in [1.54, 1.807) is 0 Å². The standard InChI is InChI=1S/C13H22O/c1-6-8-10-13(9-7-2)12(5)14-11(3)4/h7-11H,6H2,1-5H3. The van der Waals surface area contributed by atoms with Gasteiger partial charge in [-0.05, 0) is 34.1 Å². The molecule has 0 aliphatic rings. The van der Waals surface area contributed by atoms with Crippen LogP contribution in [-0.4, -0.2) is 6.10 Å². The van der Waals surface area contributed by atoms with Crippen molar-refractivity contribution in [2.75, 3.05) is 0 Å². The van der Waals surface area contributed by atoms with Crippen molar-refractivity contribution in [2.45, 2.75) is 47.1 Å². The highest BCUT2D eigenvalue weighted by Gasteiger charge is 1.99. The topological polar surface area (TPSA) is 9.23 Å². The van der Waals surface area contributed by atoms with Gasteiger partial charge in [-0.2, -0.15) is 0 Å². The zero-order valence-corrected chi connectivity index (χ0v) is 10.0. The van der Waals surface area contributed by atoms with Crippen molar-refractivity contribution < 1.29 is 4.74 Å². The first-order chi connectivity index (χ1) is 6.61. The Bertz CT molecular complexity index is 232. The number of hydrogen-bond donors (Lipinski definition) is 0. The maximum absolute atomic E-state index is 5.64. The molecular formula is C13H22O. The highest BCUT2D eigenvalue weighted by Crippen LogP contribution is 2.11. The van der Waals surface area contributed by atoms with Crippen LogP contribution in [0.2, 0.25) is 0 Å². The maximum atomic E-state index is 5.64. The van der Waals surface area contributed by atoms with Gasteiger partial charge in [-0.3, -0.25) is 0 Å². The summed E-state index contributed by atoms with van der Waals surface area (Å²) < 4.78 is 5.64. The molecule has 0 N–H and O–H groups in total. The van der Waals surface area contributed by atoms with Crippen LogP contribution in [0.3, 0.4) is 0 Å². The molecule has 0 aromatic rings. The normalized spacial score (nSPS) is 14.1. The lowest BCUT2D eigenvalue weighted by Gasteiger charge is -2.11. The van der Waals surface area contributed by atoms with Crippen molar-refractivity contribution >= 4 is 0 Å². The molecule has 0 radical (unpaired) electrons. The molecular weight excluding hydrogens is 172 g/mol. The van der Waals surface area contributed by atoms with Crippen molar-refractivity contribution in [3.8, 4) is 0 Å². The van der Waals surface area contributed by atoms with Gasteiger partial charge in [0.2, 0.25) is 0 Å². The Hall–Kier alpha value is -0.980. The van der Waals surface area contributed by atoms with Gasteiger partial charge in [-0.1, -0.05) is 31.2 Å². The van der Waals surface area contributed by atoms with Gasteiger partial charge < -0.3 is 4.74 Å². The van der Waals surface area contributed by atoms with E-state index in [2.05, 4.69) is 25.2 Å². The van der Waals surface area contributed by atoms with Crippen LogP contribution in [0.1, 0.15) is 41.0 Å². The second-order valence-electron chi connectivity index (χ2n) is 3.49. The van der Waals surface area contributed by atoms with Gasteiger partial charge in [0.05, 0.1) is 6.10 Å². The van der Waals surface area contributed by atoms with Gasteiger partial charge in [0, 0.05) is 5.57 Å². The zero-order chi connectivity index (χ0) is 11.0. The van der Waals surface area contributed by atoms with E-state index in [0.29, 0.717) is 0 Å². The SMILES string of the molecule is CC=CC(C=CCC)=C(C)OC(C)C. The lowest BCUT2D eigenvalue weighted by molar-refractivity contribution is 0.147. The molecule has 0 heterocycles. The summed E-state index contributed by atoms with van der Waals surface area (Å²) in [5, 5.41) is 0. The maximum Gasteiger partial charge on any atom is 0.100 e. The van der Waals surface area contributed by atoms with Crippen LogP contribution in [0.25, 0.3) is 0 Å². The highest BCUT2D eigenvalue weighted by molar-refractivity contribution is 5.32. The fourth-order valence-electron chi connectivity index (χ4n) is 1.14. The van der Waals surface area contributed by atoms with Gasteiger partial charge >= 0.3 is 0 Å². The molecule has 1 heteroatoms.